The predicted molar refractivity (Wildman–Crippen MR) is 99.0 cm³/mol. The van der Waals surface area contributed by atoms with Crippen LogP contribution in [0.25, 0.3) is 0 Å². The summed E-state index contributed by atoms with van der Waals surface area (Å²) in [5.74, 6) is 0.454. The number of hydrogen-bond donors (Lipinski definition) is 2. The Morgan fingerprint density at radius 3 is 2.57 bits per heavy atom. The van der Waals surface area contributed by atoms with E-state index in [0.717, 1.165) is 34.4 Å². The molecule has 0 bridgehead atoms. The third-order valence-corrected chi connectivity index (χ3v) is 4.35. The van der Waals surface area contributed by atoms with Crippen LogP contribution in [0, 0.1) is 12.8 Å². The number of carbonyl (C=O) groups is 1. The molecule has 0 atom stereocenters. The normalized spacial score (nSPS) is 10.7. The van der Waals surface area contributed by atoms with Crippen LogP contribution in [0.1, 0.15) is 36.3 Å². The van der Waals surface area contributed by atoms with Crippen LogP contribution in [0.3, 0.4) is 0 Å². The molecule has 2 aromatic rings. The van der Waals surface area contributed by atoms with Gasteiger partial charge in [-0.15, -0.1) is 0 Å². The van der Waals surface area contributed by atoms with E-state index in [1.807, 2.05) is 31.2 Å². The van der Waals surface area contributed by atoms with Gasteiger partial charge in [0.2, 0.25) is 0 Å². The number of aromatic nitrogens is 1. The molecule has 1 aromatic carbocycles. The van der Waals surface area contributed by atoms with Crippen LogP contribution in [-0.2, 0) is 0 Å². The Morgan fingerprint density at radius 1 is 1.22 bits per heavy atom. The molecule has 2 rings (SSSR count). The van der Waals surface area contributed by atoms with Gasteiger partial charge in [-0.05, 0) is 55.2 Å². The summed E-state index contributed by atoms with van der Waals surface area (Å²) in [5.41, 5.74) is 3.17. The van der Waals surface area contributed by atoms with Crippen molar-refractivity contribution >= 4 is 33.2 Å². The number of anilines is 2. The van der Waals surface area contributed by atoms with Gasteiger partial charge in [0.1, 0.15) is 5.69 Å². The van der Waals surface area contributed by atoms with Gasteiger partial charge in [0.25, 0.3) is 5.91 Å². The summed E-state index contributed by atoms with van der Waals surface area (Å²) < 4.78 is 1.02. The third-order valence-electron chi connectivity index (χ3n) is 3.46. The third kappa shape index (κ3) is 5.36. The summed E-state index contributed by atoms with van der Waals surface area (Å²) in [6.07, 6.45) is 2.80. The zero-order chi connectivity index (χ0) is 16.8. The van der Waals surface area contributed by atoms with Crippen LogP contribution in [0.2, 0.25) is 0 Å². The Balaban J connectivity index is 1.95. The monoisotopic (exact) mass is 375 g/mol. The van der Waals surface area contributed by atoms with Gasteiger partial charge in [-0.2, -0.15) is 0 Å². The maximum absolute atomic E-state index is 12.2. The van der Waals surface area contributed by atoms with E-state index in [0.29, 0.717) is 11.6 Å². The molecule has 0 spiro atoms. The number of nitrogens with zero attached hydrogens (tertiary/aromatic N) is 1. The van der Waals surface area contributed by atoms with E-state index in [1.54, 1.807) is 12.3 Å². The molecule has 0 fully saturated rings. The number of amides is 1. The Hall–Kier alpha value is -1.88. The van der Waals surface area contributed by atoms with Crippen LogP contribution in [0.15, 0.2) is 41.0 Å². The fourth-order valence-corrected chi connectivity index (χ4v) is 2.30. The highest BCUT2D eigenvalue weighted by molar-refractivity contribution is 9.10. The fraction of sp³-hybridized carbons (Fsp3) is 0.333. The Labute approximate surface area is 145 Å². The van der Waals surface area contributed by atoms with Gasteiger partial charge >= 0.3 is 0 Å². The van der Waals surface area contributed by atoms with E-state index in [9.17, 15) is 4.79 Å². The van der Waals surface area contributed by atoms with E-state index in [2.05, 4.69) is 45.4 Å². The van der Waals surface area contributed by atoms with Gasteiger partial charge in [0.15, 0.2) is 0 Å². The molecule has 0 radical (unpaired) electrons. The van der Waals surface area contributed by atoms with Crippen LogP contribution in [-0.4, -0.2) is 17.4 Å². The number of carbonyl (C=O) groups excluding carboxylic acids is 1. The lowest BCUT2D eigenvalue weighted by Gasteiger charge is -2.09. The Morgan fingerprint density at radius 2 is 1.96 bits per heavy atom. The molecule has 0 saturated carbocycles. The lowest BCUT2D eigenvalue weighted by Crippen LogP contribution is -2.14. The standard InChI is InChI=1S/C18H22BrN3O/c1-12(2)8-9-20-15-5-7-17(21-11-15)18(23)22-14-4-6-16(19)13(3)10-14/h4-7,10-12,20H,8-9H2,1-3H3,(H,22,23). The Kier molecular flexibility index (Phi) is 6.16. The average molecular weight is 376 g/mol. The van der Waals surface area contributed by atoms with E-state index in [1.165, 1.54) is 0 Å². The number of pyridine rings is 1. The lowest BCUT2D eigenvalue weighted by atomic mass is 10.1. The van der Waals surface area contributed by atoms with E-state index >= 15 is 0 Å². The minimum Gasteiger partial charge on any atom is -0.384 e. The van der Waals surface area contributed by atoms with Gasteiger partial charge in [0.05, 0.1) is 11.9 Å². The van der Waals surface area contributed by atoms with Crippen molar-refractivity contribution in [3.8, 4) is 0 Å². The van der Waals surface area contributed by atoms with Crippen LogP contribution < -0.4 is 10.6 Å². The molecule has 2 N–H and O–H groups in total. The summed E-state index contributed by atoms with van der Waals surface area (Å²) >= 11 is 3.45. The first-order valence-corrected chi connectivity index (χ1v) is 8.52. The number of nitrogens with one attached hydrogen (secondary N) is 2. The molecule has 1 amide bonds. The molecule has 122 valence electrons. The molecule has 0 aliphatic rings. The molecule has 5 heteroatoms. The maximum atomic E-state index is 12.2. The van der Waals surface area contributed by atoms with Crippen LogP contribution >= 0.6 is 15.9 Å². The number of benzene rings is 1. The lowest BCUT2D eigenvalue weighted by molar-refractivity contribution is 0.102. The Bertz CT molecular complexity index is 668. The summed E-state index contributed by atoms with van der Waals surface area (Å²) in [4.78, 5) is 16.4. The van der Waals surface area contributed by atoms with Crippen molar-refractivity contribution in [2.24, 2.45) is 5.92 Å². The van der Waals surface area contributed by atoms with Crippen molar-refractivity contribution in [2.75, 3.05) is 17.2 Å². The minimum atomic E-state index is -0.208. The van der Waals surface area contributed by atoms with Crippen molar-refractivity contribution in [3.05, 3.63) is 52.3 Å². The highest BCUT2D eigenvalue weighted by Gasteiger charge is 2.08. The number of rotatable bonds is 6. The predicted octanol–water partition coefficient (Wildman–Crippen LogP) is 4.86. The summed E-state index contributed by atoms with van der Waals surface area (Å²) in [6, 6.07) is 9.31. The zero-order valence-corrected chi connectivity index (χ0v) is 15.3. The molecular weight excluding hydrogens is 354 g/mol. The fourth-order valence-electron chi connectivity index (χ4n) is 2.06. The van der Waals surface area contributed by atoms with Gasteiger partial charge < -0.3 is 10.6 Å². The van der Waals surface area contributed by atoms with Gasteiger partial charge in [-0.25, -0.2) is 4.98 Å². The molecular formula is C18H22BrN3O. The molecule has 0 unspecified atom stereocenters. The second-order valence-electron chi connectivity index (χ2n) is 5.96. The molecule has 4 nitrogen and oxygen atoms in total. The van der Waals surface area contributed by atoms with Crippen molar-refractivity contribution in [2.45, 2.75) is 27.2 Å². The smallest absolute Gasteiger partial charge is 0.274 e. The van der Waals surface area contributed by atoms with Crippen LogP contribution in [0.4, 0.5) is 11.4 Å². The molecule has 1 heterocycles. The number of halogens is 1. The number of hydrogen-bond acceptors (Lipinski definition) is 3. The highest BCUT2D eigenvalue weighted by atomic mass is 79.9. The quantitative estimate of drug-likeness (QED) is 0.757. The first kappa shape index (κ1) is 17.5. The number of aryl methyl sites for hydroxylation is 1. The van der Waals surface area contributed by atoms with Crippen molar-refractivity contribution in [1.29, 1.82) is 0 Å². The topological polar surface area (TPSA) is 54.0 Å². The molecule has 0 saturated heterocycles. The van der Waals surface area contributed by atoms with Crippen molar-refractivity contribution in [3.63, 3.8) is 0 Å². The van der Waals surface area contributed by atoms with Crippen molar-refractivity contribution in [1.82, 2.24) is 4.98 Å². The second-order valence-corrected chi connectivity index (χ2v) is 6.81. The summed E-state index contributed by atoms with van der Waals surface area (Å²) in [7, 11) is 0. The minimum absolute atomic E-state index is 0.208. The second kappa shape index (κ2) is 8.11. The summed E-state index contributed by atoms with van der Waals surface area (Å²) in [5, 5.41) is 6.17. The first-order chi connectivity index (χ1) is 11.0. The van der Waals surface area contributed by atoms with E-state index in [4.69, 9.17) is 0 Å². The molecule has 23 heavy (non-hydrogen) atoms. The average Bonchev–Trinajstić information content (AvgIpc) is 2.51. The molecule has 0 aliphatic carbocycles. The SMILES string of the molecule is Cc1cc(NC(=O)c2ccc(NCCC(C)C)cn2)ccc1Br. The maximum Gasteiger partial charge on any atom is 0.274 e. The van der Waals surface area contributed by atoms with E-state index in [-0.39, 0.29) is 5.91 Å². The highest BCUT2D eigenvalue weighted by Crippen LogP contribution is 2.20. The first-order valence-electron chi connectivity index (χ1n) is 7.73. The summed E-state index contributed by atoms with van der Waals surface area (Å²) in [6.45, 7) is 7.27. The van der Waals surface area contributed by atoms with Gasteiger partial charge in [0, 0.05) is 16.7 Å². The van der Waals surface area contributed by atoms with E-state index < -0.39 is 0 Å². The van der Waals surface area contributed by atoms with Gasteiger partial charge in [-0.1, -0.05) is 29.8 Å². The zero-order valence-electron chi connectivity index (χ0n) is 13.7. The molecule has 1 aromatic heterocycles. The largest absolute Gasteiger partial charge is 0.384 e. The van der Waals surface area contributed by atoms with Crippen LogP contribution in [0.5, 0.6) is 0 Å². The van der Waals surface area contributed by atoms with Gasteiger partial charge in [-0.3, -0.25) is 4.79 Å². The molecule has 0 aliphatic heterocycles. The van der Waals surface area contributed by atoms with Crippen molar-refractivity contribution < 1.29 is 4.79 Å².